The minimum Gasteiger partial charge on any atom is -0.606 e. The number of hydrogen-bond donors (Lipinski definition) is 0. The molecule has 0 unspecified atom stereocenters. The van der Waals surface area contributed by atoms with Crippen molar-refractivity contribution in [3.05, 3.63) is 5.32 Å². The van der Waals surface area contributed by atoms with Crippen molar-refractivity contribution in [2.75, 3.05) is 6.54 Å². The van der Waals surface area contributed by atoms with Crippen molar-refractivity contribution in [1.29, 1.82) is 5.26 Å². The Labute approximate surface area is 115 Å². The Morgan fingerprint density at radius 1 is 1.58 bits per heavy atom. The van der Waals surface area contributed by atoms with Crippen molar-refractivity contribution in [3.63, 3.8) is 0 Å². The van der Waals surface area contributed by atoms with Crippen LogP contribution in [0, 0.1) is 11.3 Å². The molecule has 0 aliphatic heterocycles. The summed E-state index contributed by atoms with van der Waals surface area (Å²) in [5, 5.41) is 11.4. The van der Waals surface area contributed by atoms with Gasteiger partial charge in [0.1, 0.15) is 5.60 Å². The third kappa shape index (κ3) is 10.4. The molecule has 0 aliphatic rings. The fraction of sp³-hybridized carbons (Fsp3) is 0.714. The van der Waals surface area contributed by atoms with Gasteiger partial charge in [0.05, 0.1) is 0 Å². The van der Waals surface area contributed by atoms with Gasteiger partial charge >= 0.3 is 51.4 Å². The molecule has 62 valence electrons. The molecular weight excluding hydrogens is 183 g/mol. The zero-order valence-electron chi connectivity index (χ0n) is 7.92. The summed E-state index contributed by atoms with van der Waals surface area (Å²) in [6.07, 6.45) is -0.681. The van der Waals surface area contributed by atoms with Crippen LogP contribution in [0.15, 0.2) is 0 Å². The van der Waals surface area contributed by atoms with E-state index in [4.69, 9.17) is 10.00 Å². The summed E-state index contributed by atoms with van der Waals surface area (Å²) in [5.74, 6) is 0. The molecule has 0 rings (SSSR count). The Morgan fingerprint density at radius 3 is 2.42 bits per heavy atom. The fourth-order valence-electron chi connectivity index (χ4n) is 0.394. The van der Waals surface area contributed by atoms with Crippen LogP contribution in [0.1, 0.15) is 20.8 Å². The maximum absolute atomic E-state index is 10.7. The van der Waals surface area contributed by atoms with Gasteiger partial charge in [-0.15, -0.1) is 0 Å². The van der Waals surface area contributed by atoms with E-state index >= 15 is 0 Å². The number of rotatable bonds is 1. The zero-order chi connectivity index (χ0) is 8.91. The van der Waals surface area contributed by atoms with Crippen molar-refractivity contribution in [2.45, 2.75) is 26.4 Å². The first kappa shape index (κ1) is 14.9. The number of carbonyl (C=O) groups excluding carboxylic acids is 1. The summed E-state index contributed by atoms with van der Waals surface area (Å²) < 4.78 is 4.78. The SMILES string of the molecule is CC(C)(C)OC(=O)[N-]CC#N.[K+]. The normalized spacial score (nSPS) is 9.17. The molecule has 0 aliphatic carbocycles. The zero-order valence-corrected chi connectivity index (χ0v) is 11.0. The van der Waals surface area contributed by atoms with Gasteiger partial charge in [-0.1, -0.05) is 0 Å². The molecule has 1 amide bonds. The van der Waals surface area contributed by atoms with Crippen LogP contribution in [0.4, 0.5) is 4.79 Å². The van der Waals surface area contributed by atoms with Crippen LogP contribution in [-0.4, -0.2) is 18.2 Å². The number of nitrogens with zero attached hydrogens (tertiary/aromatic N) is 2. The summed E-state index contributed by atoms with van der Waals surface area (Å²) in [6, 6.07) is 1.72. The molecule has 5 heteroatoms. The molecule has 0 radical (unpaired) electrons. The Kier molecular flexibility index (Phi) is 8.52. The number of amides is 1. The Hall–Kier alpha value is 0.396. The first-order valence-corrected chi connectivity index (χ1v) is 3.23. The number of hydrogen-bond acceptors (Lipinski definition) is 3. The van der Waals surface area contributed by atoms with Crippen LogP contribution in [0.3, 0.4) is 0 Å². The van der Waals surface area contributed by atoms with Gasteiger partial charge in [0.15, 0.2) is 0 Å². The molecule has 0 aromatic carbocycles. The minimum absolute atomic E-state index is 0. The summed E-state index contributed by atoms with van der Waals surface area (Å²) >= 11 is 0. The molecule has 0 N–H and O–H groups in total. The molecule has 0 saturated heterocycles. The maximum Gasteiger partial charge on any atom is 1.00 e. The maximum atomic E-state index is 10.7. The molecule has 4 nitrogen and oxygen atoms in total. The summed E-state index contributed by atoms with van der Waals surface area (Å²) in [4.78, 5) is 10.7. The average Bonchev–Trinajstić information content (AvgIpc) is 1.79. The van der Waals surface area contributed by atoms with Crippen molar-refractivity contribution in [3.8, 4) is 6.07 Å². The van der Waals surface area contributed by atoms with Crippen LogP contribution >= 0.6 is 0 Å². The van der Waals surface area contributed by atoms with Crippen molar-refractivity contribution < 1.29 is 60.9 Å². The van der Waals surface area contributed by atoms with Gasteiger partial charge in [-0.05, 0) is 27.3 Å². The molecule has 0 heterocycles. The molecule has 0 spiro atoms. The first-order chi connectivity index (χ1) is 4.95. The standard InChI is InChI=1S/C7H12N2O2.K/c1-7(2,3)11-6(10)9-5-4-8;/h5H2,1-3H3,(H,9,10);/q;+1/p-1. The number of carbonyl (C=O) groups is 1. The largest absolute Gasteiger partial charge is 1.00 e. The van der Waals surface area contributed by atoms with Gasteiger partial charge in [0.2, 0.25) is 6.09 Å². The van der Waals surface area contributed by atoms with Crippen LogP contribution in [0.25, 0.3) is 5.32 Å². The van der Waals surface area contributed by atoms with E-state index in [1.54, 1.807) is 26.8 Å². The number of nitriles is 1. The molecule has 0 bridgehead atoms. The van der Waals surface area contributed by atoms with Crippen molar-refractivity contribution >= 4 is 6.09 Å². The summed E-state index contributed by atoms with van der Waals surface area (Å²) in [6.45, 7) is 5.08. The Balaban J connectivity index is 0. The van der Waals surface area contributed by atoms with Gasteiger partial charge < -0.3 is 10.1 Å². The Morgan fingerprint density at radius 2 is 2.08 bits per heavy atom. The van der Waals surface area contributed by atoms with E-state index in [1.807, 2.05) is 0 Å². The molecule has 0 aromatic rings. The van der Waals surface area contributed by atoms with Gasteiger partial charge in [-0.25, -0.2) is 5.26 Å². The van der Waals surface area contributed by atoms with Crippen LogP contribution < -0.4 is 51.4 Å². The topological polar surface area (TPSA) is 64.2 Å². The van der Waals surface area contributed by atoms with Crippen LogP contribution in [0.2, 0.25) is 0 Å². The third-order valence-corrected chi connectivity index (χ3v) is 0.672. The van der Waals surface area contributed by atoms with Gasteiger partial charge in [0, 0.05) is 6.07 Å². The third-order valence-electron chi connectivity index (χ3n) is 0.672. The predicted molar refractivity (Wildman–Crippen MR) is 40.1 cm³/mol. The number of ether oxygens (including phenoxy) is 1. The van der Waals surface area contributed by atoms with Crippen LogP contribution in [-0.2, 0) is 4.74 Å². The predicted octanol–water partition coefficient (Wildman–Crippen LogP) is -1.18. The van der Waals surface area contributed by atoms with E-state index in [0.717, 1.165) is 0 Å². The molecular formula is C7H11KN2O2. The van der Waals surface area contributed by atoms with E-state index in [2.05, 4.69) is 5.32 Å². The van der Waals surface area contributed by atoms with E-state index in [-0.39, 0.29) is 57.9 Å². The molecule has 12 heavy (non-hydrogen) atoms. The van der Waals surface area contributed by atoms with E-state index in [0.29, 0.717) is 0 Å². The van der Waals surface area contributed by atoms with Gasteiger partial charge in [0.25, 0.3) is 0 Å². The van der Waals surface area contributed by atoms with E-state index < -0.39 is 11.7 Å². The minimum atomic E-state index is -0.681. The van der Waals surface area contributed by atoms with Gasteiger partial charge in [-0.2, -0.15) is 0 Å². The molecule has 0 saturated carbocycles. The Bertz CT molecular complexity index is 181. The first-order valence-electron chi connectivity index (χ1n) is 3.23. The summed E-state index contributed by atoms with van der Waals surface area (Å²) in [5.41, 5.74) is -0.532. The van der Waals surface area contributed by atoms with Crippen LogP contribution in [0.5, 0.6) is 0 Å². The smallest absolute Gasteiger partial charge is 0.606 e. The van der Waals surface area contributed by atoms with E-state index in [9.17, 15) is 4.79 Å². The second kappa shape index (κ2) is 6.86. The van der Waals surface area contributed by atoms with E-state index in [1.165, 1.54) is 0 Å². The summed E-state index contributed by atoms with van der Waals surface area (Å²) in [7, 11) is 0. The van der Waals surface area contributed by atoms with Crippen molar-refractivity contribution in [2.24, 2.45) is 0 Å². The second-order valence-electron chi connectivity index (χ2n) is 2.95. The second-order valence-corrected chi connectivity index (χ2v) is 2.95. The quantitative estimate of drug-likeness (QED) is 0.390. The fourth-order valence-corrected chi connectivity index (χ4v) is 0.394. The monoisotopic (exact) mass is 194 g/mol. The van der Waals surface area contributed by atoms with Gasteiger partial charge in [-0.3, -0.25) is 4.79 Å². The average molecular weight is 194 g/mol. The molecule has 0 aromatic heterocycles. The molecule has 0 fully saturated rings. The van der Waals surface area contributed by atoms with Crippen molar-refractivity contribution in [1.82, 2.24) is 0 Å². The molecule has 0 atom stereocenters.